The molecule has 1 saturated heterocycles. The van der Waals surface area contributed by atoms with Gasteiger partial charge in [0.05, 0.1) is 40.7 Å². The van der Waals surface area contributed by atoms with E-state index in [2.05, 4.69) is 54.7 Å². The van der Waals surface area contributed by atoms with Crippen molar-refractivity contribution in [2.75, 3.05) is 37.7 Å². The Morgan fingerprint density at radius 3 is 2.62 bits per heavy atom. The van der Waals surface area contributed by atoms with E-state index in [1.807, 2.05) is 32.9 Å². The molecule has 0 spiro atoms. The van der Waals surface area contributed by atoms with Gasteiger partial charge in [-0.25, -0.2) is 4.98 Å². The first kappa shape index (κ1) is 22.5. The van der Waals surface area contributed by atoms with Gasteiger partial charge < -0.3 is 14.4 Å². The van der Waals surface area contributed by atoms with E-state index in [0.717, 1.165) is 60.2 Å². The van der Waals surface area contributed by atoms with Gasteiger partial charge in [-0.1, -0.05) is 12.1 Å². The summed E-state index contributed by atoms with van der Waals surface area (Å²) in [6.07, 6.45) is 0.0359. The molecule has 2 aromatic carbocycles. The molecule has 0 amide bonds. The number of H-pyrrole nitrogens is 1. The molecule has 9 nitrogen and oxygen atoms in total. The fourth-order valence-electron chi connectivity index (χ4n) is 4.21. The average Bonchev–Trinajstić information content (AvgIpc) is 3.50. The Morgan fingerprint density at radius 1 is 1.09 bits per heavy atom. The zero-order valence-electron chi connectivity index (χ0n) is 19.7. The highest BCUT2D eigenvalue weighted by molar-refractivity contribution is 7.18. The molecular formula is C24H29N7O2S. The zero-order valence-corrected chi connectivity index (χ0v) is 20.5. The van der Waals surface area contributed by atoms with Crippen LogP contribution in [-0.4, -0.2) is 69.4 Å². The van der Waals surface area contributed by atoms with Crippen molar-refractivity contribution in [2.24, 2.45) is 0 Å². The Balaban J connectivity index is 1.37. The third-order valence-electron chi connectivity index (χ3n) is 5.72. The van der Waals surface area contributed by atoms with Crippen molar-refractivity contribution in [1.82, 2.24) is 30.5 Å². The maximum atomic E-state index is 6.10. The van der Waals surface area contributed by atoms with Crippen molar-refractivity contribution in [3.63, 3.8) is 0 Å². The normalized spacial score (nSPS) is 14.8. The molecule has 10 heteroatoms. The molecule has 1 aliphatic heterocycles. The van der Waals surface area contributed by atoms with Gasteiger partial charge >= 0.3 is 0 Å². The number of piperazine rings is 1. The molecule has 0 radical (unpaired) electrons. The smallest absolute Gasteiger partial charge is 0.206 e. The maximum absolute atomic E-state index is 6.10. The van der Waals surface area contributed by atoms with E-state index in [1.54, 1.807) is 11.3 Å². The molecule has 34 heavy (non-hydrogen) atoms. The molecule has 178 valence electrons. The number of nitrogens with zero attached hydrogens (tertiary/aromatic N) is 6. The minimum absolute atomic E-state index is 0.0359. The standard InChI is InChI=1S/C24H29N7O2S/c1-4-32-20-13-17(24-26-28-29-27-24)19(14-21(20)33-16(2)3)31-11-9-30(10-12-31)15-23-25-18-7-5-6-8-22(18)34-23/h5-8,13-14,16H,4,9-12,15H2,1-3H3,(H,26,27,28,29). The Labute approximate surface area is 202 Å². The van der Waals surface area contributed by atoms with Crippen LogP contribution < -0.4 is 14.4 Å². The van der Waals surface area contributed by atoms with Crippen molar-refractivity contribution in [2.45, 2.75) is 33.4 Å². The van der Waals surface area contributed by atoms with E-state index >= 15 is 0 Å². The van der Waals surface area contributed by atoms with Crippen LogP contribution >= 0.6 is 11.3 Å². The Hall–Kier alpha value is -3.24. The van der Waals surface area contributed by atoms with Crippen LogP contribution in [0, 0.1) is 0 Å². The van der Waals surface area contributed by atoms with Gasteiger partial charge in [0.1, 0.15) is 5.01 Å². The van der Waals surface area contributed by atoms with E-state index in [-0.39, 0.29) is 6.10 Å². The van der Waals surface area contributed by atoms with E-state index in [0.29, 0.717) is 18.2 Å². The SMILES string of the molecule is CCOc1cc(-c2nn[nH]n2)c(N2CCN(Cc3nc4ccccc4s3)CC2)cc1OC(C)C. The molecule has 1 aliphatic rings. The second-order valence-electron chi connectivity index (χ2n) is 8.49. The summed E-state index contributed by atoms with van der Waals surface area (Å²) in [5.41, 5.74) is 2.99. The first-order chi connectivity index (χ1) is 16.6. The molecule has 4 aromatic rings. The first-order valence-electron chi connectivity index (χ1n) is 11.6. The van der Waals surface area contributed by atoms with Gasteiger partial charge in [-0.2, -0.15) is 5.21 Å². The maximum Gasteiger partial charge on any atom is 0.206 e. The van der Waals surface area contributed by atoms with Crippen molar-refractivity contribution in [1.29, 1.82) is 0 Å². The topological polar surface area (TPSA) is 92.3 Å². The lowest BCUT2D eigenvalue weighted by Gasteiger charge is -2.36. The molecule has 3 heterocycles. The van der Waals surface area contributed by atoms with Gasteiger partial charge in [-0.05, 0) is 44.2 Å². The highest BCUT2D eigenvalue weighted by Gasteiger charge is 2.25. The van der Waals surface area contributed by atoms with Gasteiger partial charge in [0.15, 0.2) is 11.5 Å². The van der Waals surface area contributed by atoms with Crippen LogP contribution in [0.15, 0.2) is 36.4 Å². The van der Waals surface area contributed by atoms with Gasteiger partial charge in [0.25, 0.3) is 0 Å². The molecule has 0 unspecified atom stereocenters. The fourth-order valence-corrected chi connectivity index (χ4v) is 5.22. The van der Waals surface area contributed by atoms with E-state index in [9.17, 15) is 0 Å². The summed E-state index contributed by atoms with van der Waals surface area (Å²) < 4.78 is 13.2. The third-order valence-corrected chi connectivity index (χ3v) is 6.74. The summed E-state index contributed by atoms with van der Waals surface area (Å²) in [5.74, 6) is 1.97. The van der Waals surface area contributed by atoms with Crippen molar-refractivity contribution < 1.29 is 9.47 Å². The highest BCUT2D eigenvalue weighted by atomic mass is 32.1. The number of aromatic nitrogens is 5. The lowest BCUT2D eigenvalue weighted by molar-refractivity contribution is 0.223. The summed E-state index contributed by atoms with van der Waals surface area (Å²) >= 11 is 1.78. The molecule has 5 rings (SSSR count). The number of nitrogens with one attached hydrogen (secondary N) is 1. The molecule has 0 saturated carbocycles. The average molecular weight is 480 g/mol. The van der Waals surface area contributed by atoms with Crippen molar-refractivity contribution in [3.8, 4) is 22.9 Å². The van der Waals surface area contributed by atoms with Gasteiger partial charge in [0, 0.05) is 32.2 Å². The number of fused-ring (bicyclic) bond motifs is 1. The lowest BCUT2D eigenvalue weighted by Crippen LogP contribution is -2.46. The number of tetrazole rings is 1. The summed E-state index contributed by atoms with van der Waals surface area (Å²) in [7, 11) is 0. The largest absolute Gasteiger partial charge is 0.490 e. The van der Waals surface area contributed by atoms with Crippen LogP contribution in [0.4, 0.5) is 5.69 Å². The summed E-state index contributed by atoms with van der Waals surface area (Å²) in [4.78, 5) is 9.63. The van der Waals surface area contributed by atoms with Crippen molar-refractivity contribution in [3.05, 3.63) is 41.4 Å². The number of para-hydroxylation sites is 1. The number of aromatic amines is 1. The number of hydrogen-bond acceptors (Lipinski definition) is 9. The first-order valence-corrected chi connectivity index (χ1v) is 12.5. The minimum atomic E-state index is 0.0359. The predicted molar refractivity (Wildman–Crippen MR) is 134 cm³/mol. The minimum Gasteiger partial charge on any atom is -0.490 e. The van der Waals surface area contributed by atoms with Gasteiger partial charge in [0.2, 0.25) is 5.82 Å². The number of hydrogen-bond donors (Lipinski definition) is 1. The van der Waals surface area contributed by atoms with E-state index < -0.39 is 0 Å². The molecule has 1 fully saturated rings. The molecule has 0 bridgehead atoms. The van der Waals surface area contributed by atoms with Crippen LogP contribution in [0.2, 0.25) is 0 Å². The Morgan fingerprint density at radius 2 is 1.91 bits per heavy atom. The third kappa shape index (κ3) is 4.83. The number of ether oxygens (including phenoxy) is 2. The number of benzene rings is 2. The number of thiazole rings is 1. The van der Waals surface area contributed by atoms with Gasteiger partial charge in [-0.3, -0.25) is 4.90 Å². The quantitative estimate of drug-likeness (QED) is 0.406. The van der Waals surface area contributed by atoms with Crippen LogP contribution in [-0.2, 0) is 6.54 Å². The number of anilines is 1. The fraction of sp³-hybridized carbons (Fsp3) is 0.417. The van der Waals surface area contributed by atoms with Crippen LogP contribution in [0.1, 0.15) is 25.8 Å². The molecule has 2 aromatic heterocycles. The monoisotopic (exact) mass is 479 g/mol. The summed E-state index contributed by atoms with van der Waals surface area (Å²) in [6, 6.07) is 12.3. The Bertz CT molecular complexity index is 1200. The second-order valence-corrected chi connectivity index (χ2v) is 9.60. The van der Waals surface area contributed by atoms with Crippen LogP contribution in [0.5, 0.6) is 11.5 Å². The predicted octanol–water partition coefficient (Wildman–Crippen LogP) is 3.98. The summed E-state index contributed by atoms with van der Waals surface area (Å²) in [6.45, 7) is 11.1. The molecule has 0 atom stereocenters. The second kappa shape index (κ2) is 9.94. The zero-order chi connectivity index (χ0) is 23.5. The molecule has 1 N–H and O–H groups in total. The van der Waals surface area contributed by atoms with E-state index in [1.165, 1.54) is 4.70 Å². The molecular weight excluding hydrogens is 450 g/mol. The molecule has 0 aliphatic carbocycles. The number of rotatable bonds is 8. The lowest BCUT2D eigenvalue weighted by atomic mass is 10.1. The Kier molecular flexibility index (Phi) is 6.59. The summed E-state index contributed by atoms with van der Waals surface area (Å²) in [5, 5.41) is 16.0. The van der Waals surface area contributed by atoms with Gasteiger partial charge in [-0.15, -0.1) is 21.5 Å². The van der Waals surface area contributed by atoms with E-state index in [4.69, 9.17) is 14.5 Å². The van der Waals surface area contributed by atoms with Crippen molar-refractivity contribution >= 4 is 27.2 Å². The highest BCUT2D eigenvalue weighted by Crippen LogP contribution is 2.40. The van der Waals surface area contributed by atoms with Crippen LogP contribution in [0.3, 0.4) is 0 Å². The van der Waals surface area contributed by atoms with Crippen LogP contribution in [0.25, 0.3) is 21.6 Å².